The van der Waals surface area contributed by atoms with Gasteiger partial charge in [-0.3, -0.25) is 9.89 Å². The van der Waals surface area contributed by atoms with Gasteiger partial charge < -0.3 is 4.90 Å². The van der Waals surface area contributed by atoms with Gasteiger partial charge in [0.15, 0.2) is 0 Å². The van der Waals surface area contributed by atoms with Gasteiger partial charge in [-0.2, -0.15) is 5.10 Å². The number of hydrogen-bond acceptors (Lipinski definition) is 3. The summed E-state index contributed by atoms with van der Waals surface area (Å²) in [4.78, 5) is 15.2. The van der Waals surface area contributed by atoms with E-state index < -0.39 is 0 Å². The van der Waals surface area contributed by atoms with Crippen molar-refractivity contribution < 1.29 is 4.79 Å². The number of amides is 1. The predicted octanol–water partition coefficient (Wildman–Crippen LogP) is 3.15. The summed E-state index contributed by atoms with van der Waals surface area (Å²) < 4.78 is 0. The molecule has 2 aliphatic heterocycles. The number of aryl methyl sites for hydroxylation is 1. The zero-order valence-electron chi connectivity index (χ0n) is 13.1. The number of carbonyl (C=O) groups is 1. The molecule has 5 heteroatoms. The lowest BCUT2D eigenvalue weighted by Gasteiger charge is -2.36. The van der Waals surface area contributed by atoms with Crippen LogP contribution in [0.3, 0.4) is 0 Å². The molecule has 1 aromatic heterocycles. The van der Waals surface area contributed by atoms with Gasteiger partial charge in [-0.15, -0.1) is 11.8 Å². The van der Waals surface area contributed by atoms with E-state index in [-0.39, 0.29) is 11.2 Å². The Balaban J connectivity index is 1.53. The van der Waals surface area contributed by atoms with Crippen molar-refractivity contribution in [1.29, 1.82) is 0 Å². The molecule has 1 fully saturated rings. The monoisotopic (exact) mass is 327 g/mol. The number of hydrogen-bond donors (Lipinski definition) is 1. The minimum atomic E-state index is -0.0273. The van der Waals surface area contributed by atoms with Crippen LogP contribution in [0.15, 0.2) is 36.5 Å². The number of carbonyl (C=O) groups excluding carboxylic acids is 1. The Morgan fingerprint density at radius 1 is 1.30 bits per heavy atom. The molecule has 4 rings (SSSR count). The van der Waals surface area contributed by atoms with E-state index in [0.29, 0.717) is 5.92 Å². The van der Waals surface area contributed by atoms with E-state index in [9.17, 15) is 4.79 Å². The van der Waals surface area contributed by atoms with Gasteiger partial charge in [0.05, 0.1) is 0 Å². The number of fused-ring (bicyclic) bond motifs is 1. The van der Waals surface area contributed by atoms with Gasteiger partial charge in [-0.25, -0.2) is 0 Å². The molecular formula is C18H21N3OS. The second-order valence-corrected chi connectivity index (χ2v) is 7.55. The highest BCUT2D eigenvalue weighted by Gasteiger charge is 2.33. The van der Waals surface area contributed by atoms with Crippen LogP contribution in [0.2, 0.25) is 0 Å². The van der Waals surface area contributed by atoms with Gasteiger partial charge in [-0.05, 0) is 42.2 Å². The number of nitrogens with one attached hydrogen (secondary N) is 1. The molecule has 0 unspecified atom stereocenters. The molecule has 120 valence electrons. The van der Waals surface area contributed by atoms with Crippen molar-refractivity contribution in [2.24, 2.45) is 0 Å². The van der Waals surface area contributed by atoms with E-state index >= 15 is 0 Å². The first-order valence-electron chi connectivity index (χ1n) is 8.30. The maximum absolute atomic E-state index is 13.1. The number of H-pyrrole nitrogens is 1. The Kier molecular flexibility index (Phi) is 4.12. The smallest absolute Gasteiger partial charge is 0.240 e. The van der Waals surface area contributed by atoms with Crippen molar-refractivity contribution in [2.45, 2.75) is 30.4 Å². The molecule has 1 amide bonds. The van der Waals surface area contributed by atoms with E-state index in [0.717, 1.165) is 43.8 Å². The topological polar surface area (TPSA) is 49.0 Å². The molecule has 1 aromatic carbocycles. The van der Waals surface area contributed by atoms with Crippen molar-refractivity contribution >= 4 is 17.7 Å². The zero-order valence-corrected chi connectivity index (χ0v) is 13.9. The molecule has 2 atom stereocenters. The Morgan fingerprint density at radius 2 is 2.22 bits per heavy atom. The second kappa shape index (κ2) is 6.40. The Bertz CT molecular complexity index is 685. The van der Waals surface area contributed by atoms with Crippen LogP contribution >= 0.6 is 11.8 Å². The second-order valence-electron chi connectivity index (χ2n) is 6.34. The standard InChI is InChI=1S/C18H21N3OS/c22-18(17-15-6-2-1-4-13(15)8-11-23-17)21-10-3-5-14(12-21)16-7-9-19-20-16/h1-2,4,6-7,9,14,17H,3,5,8,10-12H2,(H,19,20)/t14-,17+/m1/s1. The molecule has 4 nitrogen and oxygen atoms in total. The van der Waals surface area contributed by atoms with Gasteiger partial charge in [0.1, 0.15) is 5.25 Å². The summed E-state index contributed by atoms with van der Waals surface area (Å²) >= 11 is 1.79. The molecule has 0 spiro atoms. The van der Waals surface area contributed by atoms with E-state index in [4.69, 9.17) is 0 Å². The summed E-state index contributed by atoms with van der Waals surface area (Å²) in [5, 5.41) is 7.10. The number of likely N-dealkylation sites (tertiary alicyclic amines) is 1. The van der Waals surface area contributed by atoms with Crippen LogP contribution in [-0.4, -0.2) is 39.8 Å². The molecule has 0 saturated carbocycles. The number of aromatic nitrogens is 2. The lowest BCUT2D eigenvalue weighted by molar-refractivity contribution is -0.132. The van der Waals surface area contributed by atoms with Crippen LogP contribution in [0.1, 0.15) is 40.8 Å². The molecule has 0 radical (unpaired) electrons. The Morgan fingerprint density at radius 3 is 3.09 bits per heavy atom. The quantitative estimate of drug-likeness (QED) is 0.922. The average molecular weight is 327 g/mol. The minimum absolute atomic E-state index is 0.0273. The van der Waals surface area contributed by atoms with Crippen LogP contribution in [0, 0.1) is 0 Å². The molecule has 3 heterocycles. The number of benzene rings is 1. The number of piperidine rings is 1. The minimum Gasteiger partial charge on any atom is -0.341 e. The summed E-state index contributed by atoms with van der Waals surface area (Å²) in [6.07, 6.45) is 5.06. The van der Waals surface area contributed by atoms with Crippen LogP contribution in [0.25, 0.3) is 0 Å². The average Bonchev–Trinajstić information content (AvgIpc) is 3.15. The number of aromatic amines is 1. The lowest BCUT2D eigenvalue weighted by Crippen LogP contribution is -2.41. The fourth-order valence-corrected chi connectivity index (χ4v) is 4.96. The predicted molar refractivity (Wildman–Crippen MR) is 92.5 cm³/mol. The van der Waals surface area contributed by atoms with Crippen LogP contribution in [0.5, 0.6) is 0 Å². The van der Waals surface area contributed by atoms with Crippen LogP contribution in [0.4, 0.5) is 0 Å². The first kappa shape index (κ1) is 14.8. The normalized spacial score (nSPS) is 24.3. The maximum Gasteiger partial charge on any atom is 0.240 e. The van der Waals surface area contributed by atoms with Gasteiger partial charge >= 0.3 is 0 Å². The summed E-state index contributed by atoms with van der Waals surface area (Å²) in [6.45, 7) is 1.68. The van der Waals surface area contributed by atoms with Crippen LogP contribution in [-0.2, 0) is 11.2 Å². The summed E-state index contributed by atoms with van der Waals surface area (Å²) in [7, 11) is 0. The highest BCUT2D eigenvalue weighted by atomic mass is 32.2. The van der Waals surface area contributed by atoms with E-state index in [1.54, 1.807) is 18.0 Å². The molecule has 2 aromatic rings. The van der Waals surface area contributed by atoms with Crippen molar-refractivity contribution in [3.05, 3.63) is 53.3 Å². The fourth-order valence-electron chi connectivity index (χ4n) is 3.69. The highest BCUT2D eigenvalue weighted by molar-refractivity contribution is 8.00. The maximum atomic E-state index is 13.1. The summed E-state index contributed by atoms with van der Waals surface area (Å²) in [5.74, 6) is 1.70. The summed E-state index contributed by atoms with van der Waals surface area (Å²) in [5.41, 5.74) is 3.71. The van der Waals surface area contributed by atoms with E-state index in [1.807, 2.05) is 6.07 Å². The summed E-state index contributed by atoms with van der Waals surface area (Å²) in [6, 6.07) is 10.4. The first-order valence-corrected chi connectivity index (χ1v) is 9.35. The first-order chi connectivity index (χ1) is 11.3. The largest absolute Gasteiger partial charge is 0.341 e. The number of nitrogens with zero attached hydrogens (tertiary/aromatic N) is 2. The van der Waals surface area contributed by atoms with Crippen molar-refractivity contribution in [1.82, 2.24) is 15.1 Å². The van der Waals surface area contributed by atoms with Crippen LogP contribution < -0.4 is 0 Å². The highest BCUT2D eigenvalue weighted by Crippen LogP contribution is 2.39. The zero-order chi connectivity index (χ0) is 15.6. The van der Waals surface area contributed by atoms with Gasteiger partial charge in [-0.1, -0.05) is 24.3 Å². The third kappa shape index (κ3) is 2.90. The molecule has 1 saturated heterocycles. The van der Waals surface area contributed by atoms with Crippen molar-refractivity contribution in [3.63, 3.8) is 0 Å². The SMILES string of the molecule is O=C([C@H]1SCCc2ccccc21)N1CCC[C@@H](c2ccn[nH]2)C1. The Hall–Kier alpha value is -1.75. The van der Waals surface area contributed by atoms with Gasteiger partial charge in [0.25, 0.3) is 0 Å². The molecule has 0 bridgehead atoms. The molecule has 0 aliphatic carbocycles. The van der Waals surface area contributed by atoms with Crippen molar-refractivity contribution in [3.8, 4) is 0 Å². The van der Waals surface area contributed by atoms with E-state index in [2.05, 4.69) is 39.4 Å². The number of thioether (sulfide) groups is 1. The third-order valence-electron chi connectivity index (χ3n) is 4.91. The van der Waals surface area contributed by atoms with Gasteiger partial charge in [0, 0.05) is 30.9 Å². The van der Waals surface area contributed by atoms with Crippen molar-refractivity contribution in [2.75, 3.05) is 18.8 Å². The third-order valence-corrected chi connectivity index (χ3v) is 6.14. The molecule has 2 aliphatic rings. The van der Waals surface area contributed by atoms with Gasteiger partial charge in [0.2, 0.25) is 5.91 Å². The molecule has 1 N–H and O–H groups in total. The fraction of sp³-hybridized carbons (Fsp3) is 0.444. The molecule has 23 heavy (non-hydrogen) atoms. The lowest BCUT2D eigenvalue weighted by atomic mass is 9.94. The molecular weight excluding hydrogens is 306 g/mol. The Labute approximate surface area is 140 Å². The van der Waals surface area contributed by atoms with E-state index in [1.165, 1.54) is 11.1 Å². The number of rotatable bonds is 2.